The quantitative estimate of drug-likeness (QED) is 0.699. The number of nitrogens with two attached hydrogens (primary N) is 1. The number of amides is 1. The molecule has 0 fully saturated rings. The van der Waals surface area contributed by atoms with Gasteiger partial charge in [-0.2, -0.15) is 5.10 Å². The fourth-order valence-electron chi connectivity index (χ4n) is 1.81. The van der Waals surface area contributed by atoms with E-state index in [0.29, 0.717) is 11.4 Å². The van der Waals surface area contributed by atoms with Crippen molar-refractivity contribution in [2.75, 3.05) is 12.8 Å². The molecule has 20 heavy (non-hydrogen) atoms. The van der Waals surface area contributed by atoms with Gasteiger partial charge in [-0.25, -0.2) is 4.79 Å². The summed E-state index contributed by atoms with van der Waals surface area (Å²) < 4.78 is 4.67. The van der Waals surface area contributed by atoms with Crippen molar-refractivity contribution >= 4 is 17.6 Å². The molecule has 0 spiro atoms. The molecule has 0 bridgehead atoms. The molecule has 7 heteroatoms. The number of carbonyl (C=O) groups is 2. The minimum atomic E-state index is -0.730. The molecule has 1 rings (SSSR count). The second-order valence-corrected chi connectivity index (χ2v) is 5.27. The largest absolute Gasteiger partial charge is 0.467 e. The lowest BCUT2D eigenvalue weighted by molar-refractivity contribution is -0.144. The number of hydrogen-bond donors (Lipinski definition) is 3. The highest BCUT2D eigenvalue weighted by Crippen LogP contribution is 2.22. The summed E-state index contributed by atoms with van der Waals surface area (Å²) in [7, 11) is 1.28. The number of anilines is 1. The van der Waals surface area contributed by atoms with Crippen LogP contribution in [-0.4, -0.2) is 35.2 Å². The number of ether oxygens (including phenoxy) is 1. The topological polar surface area (TPSA) is 110 Å². The summed E-state index contributed by atoms with van der Waals surface area (Å²) in [4.78, 5) is 23.8. The first-order chi connectivity index (χ1) is 9.29. The fourth-order valence-corrected chi connectivity index (χ4v) is 1.81. The molecule has 0 radical (unpaired) electrons. The highest BCUT2D eigenvalue weighted by molar-refractivity contribution is 5.99. The Labute approximate surface area is 118 Å². The summed E-state index contributed by atoms with van der Waals surface area (Å²) in [5, 5.41) is 9.27. The molecule has 112 valence electrons. The van der Waals surface area contributed by atoms with Crippen molar-refractivity contribution in [3.8, 4) is 0 Å². The van der Waals surface area contributed by atoms with E-state index in [2.05, 4.69) is 20.3 Å². The summed E-state index contributed by atoms with van der Waals surface area (Å²) in [6.45, 7) is 7.51. The van der Waals surface area contributed by atoms with Crippen molar-refractivity contribution in [3.63, 3.8) is 0 Å². The first kappa shape index (κ1) is 16.0. The van der Waals surface area contributed by atoms with Crippen LogP contribution in [0.5, 0.6) is 0 Å². The van der Waals surface area contributed by atoms with Gasteiger partial charge in [0.15, 0.2) is 5.69 Å². The smallest absolute Gasteiger partial charge is 0.328 e. The van der Waals surface area contributed by atoms with Gasteiger partial charge in [-0.15, -0.1) is 0 Å². The van der Waals surface area contributed by atoms with Crippen LogP contribution >= 0.6 is 0 Å². The van der Waals surface area contributed by atoms with Crippen molar-refractivity contribution in [1.29, 1.82) is 0 Å². The van der Waals surface area contributed by atoms with Crippen LogP contribution in [-0.2, 0) is 9.53 Å². The molecule has 7 nitrogen and oxygen atoms in total. The Bertz CT molecular complexity index is 494. The van der Waals surface area contributed by atoms with Crippen LogP contribution in [0.3, 0.4) is 0 Å². The molecule has 0 aromatic carbocycles. The van der Waals surface area contributed by atoms with Gasteiger partial charge in [-0.1, -0.05) is 27.7 Å². The predicted molar refractivity (Wildman–Crippen MR) is 75.2 cm³/mol. The van der Waals surface area contributed by atoms with E-state index in [1.807, 2.05) is 27.7 Å². The van der Waals surface area contributed by atoms with Crippen LogP contribution in [0.25, 0.3) is 0 Å². The van der Waals surface area contributed by atoms with Crippen LogP contribution in [0.4, 0.5) is 5.69 Å². The zero-order valence-electron chi connectivity index (χ0n) is 12.5. The van der Waals surface area contributed by atoms with E-state index in [1.165, 1.54) is 7.11 Å². The number of H-pyrrole nitrogens is 1. The van der Waals surface area contributed by atoms with Crippen LogP contribution in [0.2, 0.25) is 0 Å². The first-order valence-corrected chi connectivity index (χ1v) is 6.52. The molecule has 1 aromatic rings. The molecular weight excluding hydrogens is 260 g/mol. The van der Waals surface area contributed by atoms with Gasteiger partial charge in [-0.05, 0) is 11.8 Å². The van der Waals surface area contributed by atoms with Gasteiger partial charge >= 0.3 is 5.97 Å². The van der Waals surface area contributed by atoms with Crippen molar-refractivity contribution in [3.05, 3.63) is 11.4 Å². The standard InChI is InChI=1S/C13H22N4O3/c1-6(2)9-8(14)11(17-16-9)12(18)15-10(7(3)4)13(19)20-5/h6-7,10H,14H2,1-5H3,(H,15,18)(H,16,17). The maximum atomic E-state index is 12.2. The number of aromatic amines is 1. The summed E-state index contributed by atoms with van der Waals surface area (Å²) in [6.07, 6.45) is 0. The number of carbonyl (C=O) groups excluding carboxylic acids is 2. The third-order valence-electron chi connectivity index (χ3n) is 3.03. The fraction of sp³-hybridized carbons (Fsp3) is 0.615. The molecule has 0 aliphatic carbocycles. The Hall–Kier alpha value is -2.05. The number of nitrogens with one attached hydrogen (secondary N) is 2. The highest BCUT2D eigenvalue weighted by atomic mass is 16.5. The van der Waals surface area contributed by atoms with E-state index < -0.39 is 17.9 Å². The Balaban J connectivity index is 2.93. The molecule has 1 atom stereocenters. The molecule has 0 saturated heterocycles. The van der Waals surface area contributed by atoms with Gasteiger partial charge in [0.05, 0.1) is 18.5 Å². The monoisotopic (exact) mass is 282 g/mol. The molecule has 1 unspecified atom stereocenters. The number of esters is 1. The van der Waals surface area contributed by atoms with E-state index in [4.69, 9.17) is 5.73 Å². The van der Waals surface area contributed by atoms with Crippen molar-refractivity contribution in [2.24, 2.45) is 5.92 Å². The molecule has 0 aliphatic rings. The number of rotatable bonds is 5. The van der Waals surface area contributed by atoms with E-state index in [0.717, 1.165) is 0 Å². The Morgan fingerprint density at radius 3 is 2.30 bits per heavy atom. The van der Waals surface area contributed by atoms with Crippen LogP contribution in [0, 0.1) is 5.92 Å². The lowest BCUT2D eigenvalue weighted by Crippen LogP contribution is -2.45. The van der Waals surface area contributed by atoms with Crippen LogP contribution in [0.15, 0.2) is 0 Å². The average Bonchev–Trinajstić information content (AvgIpc) is 2.76. The molecule has 1 heterocycles. The summed E-state index contributed by atoms with van der Waals surface area (Å²) in [5.74, 6) is -0.956. The minimum absolute atomic E-state index is 0.100. The number of nitrogens with zero attached hydrogens (tertiary/aromatic N) is 1. The third kappa shape index (κ3) is 3.28. The van der Waals surface area contributed by atoms with E-state index in [9.17, 15) is 9.59 Å². The van der Waals surface area contributed by atoms with Crippen molar-refractivity contribution in [1.82, 2.24) is 15.5 Å². The number of nitrogen functional groups attached to an aromatic ring is 1. The van der Waals surface area contributed by atoms with Crippen LogP contribution < -0.4 is 11.1 Å². The maximum Gasteiger partial charge on any atom is 0.328 e. The lowest BCUT2D eigenvalue weighted by Gasteiger charge is -2.19. The Morgan fingerprint density at radius 2 is 1.90 bits per heavy atom. The second kappa shape index (κ2) is 6.40. The summed E-state index contributed by atoms with van der Waals surface area (Å²) in [6, 6.07) is -0.730. The van der Waals surface area contributed by atoms with Crippen molar-refractivity contribution < 1.29 is 14.3 Å². The number of aromatic nitrogens is 2. The van der Waals surface area contributed by atoms with Gasteiger partial charge in [-0.3, -0.25) is 9.89 Å². The lowest BCUT2D eigenvalue weighted by atomic mass is 10.0. The van der Waals surface area contributed by atoms with Gasteiger partial charge in [0.25, 0.3) is 5.91 Å². The highest BCUT2D eigenvalue weighted by Gasteiger charge is 2.28. The third-order valence-corrected chi connectivity index (χ3v) is 3.03. The summed E-state index contributed by atoms with van der Waals surface area (Å²) >= 11 is 0. The molecule has 0 saturated carbocycles. The molecule has 0 aliphatic heterocycles. The van der Waals surface area contributed by atoms with Gasteiger partial charge in [0, 0.05) is 0 Å². The zero-order chi connectivity index (χ0) is 15.4. The predicted octanol–water partition coefficient (Wildman–Crippen LogP) is 1.04. The van der Waals surface area contributed by atoms with Gasteiger partial charge < -0.3 is 15.8 Å². The zero-order valence-corrected chi connectivity index (χ0v) is 12.5. The summed E-state index contributed by atoms with van der Waals surface area (Å²) in [5.41, 5.74) is 7.01. The SMILES string of the molecule is COC(=O)C(NC(=O)c1n[nH]c(C(C)C)c1N)C(C)C. The Kier molecular flexibility index (Phi) is 5.12. The number of hydrogen-bond acceptors (Lipinski definition) is 5. The van der Waals surface area contributed by atoms with E-state index in [1.54, 1.807) is 0 Å². The second-order valence-electron chi connectivity index (χ2n) is 5.27. The average molecular weight is 282 g/mol. The molecular formula is C13H22N4O3. The van der Waals surface area contributed by atoms with Crippen LogP contribution in [0.1, 0.15) is 49.8 Å². The molecule has 4 N–H and O–H groups in total. The van der Waals surface area contributed by atoms with Crippen molar-refractivity contribution in [2.45, 2.75) is 39.7 Å². The first-order valence-electron chi connectivity index (χ1n) is 6.52. The molecule has 1 aromatic heterocycles. The van der Waals surface area contributed by atoms with Gasteiger partial charge in [0.1, 0.15) is 6.04 Å². The normalized spacial score (nSPS) is 12.6. The number of methoxy groups -OCH3 is 1. The van der Waals surface area contributed by atoms with Gasteiger partial charge in [0.2, 0.25) is 0 Å². The minimum Gasteiger partial charge on any atom is -0.467 e. The molecule has 1 amide bonds. The van der Waals surface area contributed by atoms with E-state index >= 15 is 0 Å². The van der Waals surface area contributed by atoms with E-state index in [-0.39, 0.29) is 17.5 Å². The maximum absolute atomic E-state index is 12.2. The Morgan fingerprint density at radius 1 is 1.30 bits per heavy atom.